The van der Waals surface area contributed by atoms with Crippen LogP contribution in [0.1, 0.15) is 40.3 Å². The number of nitrogens with zero attached hydrogens (tertiary/aromatic N) is 1. The van der Waals surface area contributed by atoms with Crippen LogP contribution >= 0.6 is 0 Å². The molecular formula is C14H15F2N3O. The van der Waals surface area contributed by atoms with E-state index in [1.165, 1.54) is 0 Å². The van der Waals surface area contributed by atoms with Gasteiger partial charge in [-0.25, -0.2) is 8.78 Å². The van der Waals surface area contributed by atoms with Crippen molar-refractivity contribution in [2.75, 3.05) is 0 Å². The summed E-state index contributed by atoms with van der Waals surface area (Å²) in [4.78, 5) is 12.1. The van der Waals surface area contributed by atoms with Crippen LogP contribution in [0.2, 0.25) is 0 Å². The van der Waals surface area contributed by atoms with Gasteiger partial charge in [0.1, 0.15) is 11.6 Å². The minimum absolute atomic E-state index is 0.108. The van der Waals surface area contributed by atoms with Crippen LogP contribution < -0.4 is 5.32 Å². The fourth-order valence-corrected chi connectivity index (χ4v) is 2.08. The molecule has 1 aromatic heterocycles. The Kier molecular flexibility index (Phi) is 3.83. The van der Waals surface area contributed by atoms with Crippen LogP contribution in [-0.2, 0) is 0 Å². The fourth-order valence-electron chi connectivity index (χ4n) is 2.08. The maximum atomic E-state index is 13.6. The van der Waals surface area contributed by atoms with Gasteiger partial charge in [0.25, 0.3) is 5.91 Å². The molecule has 1 aromatic carbocycles. The molecule has 0 aliphatic rings. The van der Waals surface area contributed by atoms with Crippen LogP contribution in [0, 0.1) is 25.5 Å². The predicted molar refractivity (Wildman–Crippen MR) is 70.3 cm³/mol. The molecule has 1 atom stereocenters. The molecule has 1 heterocycles. The molecule has 20 heavy (non-hydrogen) atoms. The summed E-state index contributed by atoms with van der Waals surface area (Å²) >= 11 is 0. The Bertz CT molecular complexity index is 632. The van der Waals surface area contributed by atoms with Crippen LogP contribution in [-0.4, -0.2) is 16.1 Å². The number of rotatable bonds is 3. The molecule has 0 aliphatic heterocycles. The number of nitrogens with one attached hydrogen (secondary N) is 2. The molecule has 0 saturated carbocycles. The highest BCUT2D eigenvalue weighted by Gasteiger charge is 2.19. The zero-order valence-electron chi connectivity index (χ0n) is 11.4. The Morgan fingerprint density at radius 1 is 1.35 bits per heavy atom. The van der Waals surface area contributed by atoms with E-state index < -0.39 is 17.7 Å². The summed E-state index contributed by atoms with van der Waals surface area (Å²) in [7, 11) is 0. The van der Waals surface area contributed by atoms with Crippen molar-refractivity contribution in [1.82, 2.24) is 15.5 Å². The molecule has 0 aliphatic carbocycles. The second kappa shape index (κ2) is 5.40. The van der Waals surface area contributed by atoms with Gasteiger partial charge in [0.05, 0.1) is 17.3 Å². The van der Waals surface area contributed by atoms with Crippen LogP contribution in [0.15, 0.2) is 18.2 Å². The van der Waals surface area contributed by atoms with Crippen LogP contribution in [0.4, 0.5) is 8.78 Å². The zero-order chi connectivity index (χ0) is 14.9. The van der Waals surface area contributed by atoms with E-state index in [4.69, 9.17) is 0 Å². The minimum atomic E-state index is -0.646. The molecular weight excluding hydrogens is 264 g/mol. The Morgan fingerprint density at radius 3 is 2.65 bits per heavy atom. The third-order valence-electron chi connectivity index (χ3n) is 3.13. The molecule has 6 heteroatoms. The molecule has 0 spiro atoms. The van der Waals surface area contributed by atoms with Gasteiger partial charge in [-0.15, -0.1) is 0 Å². The largest absolute Gasteiger partial charge is 0.345 e. The average Bonchev–Trinajstić information content (AvgIpc) is 2.71. The van der Waals surface area contributed by atoms with Crippen LogP contribution in [0.5, 0.6) is 0 Å². The lowest BCUT2D eigenvalue weighted by Crippen LogP contribution is -2.28. The third kappa shape index (κ3) is 2.68. The van der Waals surface area contributed by atoms with Gasteiger partial charge in [-0.3, -0.25) is 9.89 Å². The maximum Gasteiger partial charge on any atom is 0.255 e. The van der Waals surface area contributed by atoms with Gasteiger partial charge in [-0.05, 0) is 39.0 Å². The summed E-state index contributed by atoms with van der Waals surface area (Å²) in [5, 5.41) is 9.28. The number of carbonyl (C=O) groups excluding carboxylic acids is 1. The lowest BCUT2D eigenvalue weighted by atomic mass is 10.1. The highest BCUT2D eigenvalue weighted by atomic mass is 19.1. The monoisotopic (exact) mass is 279 g/mol. The summed E-state index contributed by atoms with van der Waals surface area (Å²) in [5.41, 5.74) is 1.73. The molecule has 2 N–H and O–H groups in total. The van der Waals surface area contributed by atoms with Gasteiger partial charge < -0.3 is 5.32 Å². The number of amides is 1. The molecule has 1 amide bonds. The molecule has 1 unspecified atom stereocenters. The molecule has 4 nitrogen and oxygen atoms in total. The van der Waals surface area contributed by atoms with Crippen LogP contribution in [0.25, 0.3) is 0 Å². The van der Waals surface area contributed by atoms with Gasteiger partial charge in [0, 0.05) is 11.3 Å². The number of aromatic amines is 1. The zero-order valence-corrected chi connectivity index (χ0v) is 11.4. The van der Waals surface area contributed by atoms with E-state index in [9.17, 15) is 13.6 Å². The molecule has 0 bridgehead atoms. The van der Waals surface area contributed by atoms with E-state index in [-0.39, 0.29) is 11.5 Å². The standard InChI is InChI=1S/C14H15F2N3O/c1-7(11-6-10(15)4-5-12(11)16)17-14(20)13-8(2)18-19-9(13)3/h4-7H,1-3H3,(H,17,20)(H,18,19). The predicted octanol–water partition coefficient (Wildman–Crippen LogP) is 2.80. The Labute approximate surface area is 115 Å². The van der Waals surface area contributed by atoms with Crippen molar-refractivity contribution in [2.24, 2.45) is 0 Å². The fraction of sp³-hybridized carbons (Fsp3) is 0.286. The number of aromatic nitrogens is 2. The van der Waals surface area contributed by atoms with Crippen molar-refractivity contribution in [3.05, 3.63) is 52.3 Å². The minimum Gasteiger partial charge on any atom is -0.345 e. The van der Waals surface area contributed by atoms with E-state index in [2.05, 4.69) is 15.5 Å². The first-order valence-corrected chi connectivity index (χ1v) is 6.17. The lowest BCUT2D eigenvalue weighted by molar-refractivity contribution is 0.0938. The quantitative estimate of drug-likeness (QED) is 0.907. The van der Waals surface area contributed by atoms with Gasteiger partial charge in [0.2, 0.25) is 0 Å². The number of hydrogen-bond acceptors (Lipinski definition) is 2. The van der Waals surface area contributed by atoms with Crippen molar-refractivity contribution >= 4 is 5.91 Å². The molecule has 106 valence electrons. The van der Waals surface area contributed by atoms with Crippen molar-refractivity contribution in [1.29, 1.82) is 0 Å². The second-order valence-corrected chi connectivity index (χ2v) is 4.67. The Morgan fingerprint density at radius 2 is 2.05 bits per heavy atom. The second-order valence-electron chi connectivity index (χ2n) is 4.67. The third-order valence-corrected chi connectivity index (χ3v) is 3.13. The average molecular weight is 279 g/mol. The topological polar surface area (TPSA) is 57.8 Å². The first-order valence-electron chi connectivity index (χ1n) is 6.17. The van der Waals surface area contributed by atoms with Crippen molar-refractivity contribution < 1.29 is 13.6 Å². The van der Waals surface area contributed by atoms with Gasteiger partial charge in [-0.1, -0.05) is 0 Å². The highest BCUT2D eigenvalue weighted by molar-refractivity contribution is 5.96. The van der Waals surface area contributed by atoms with E-state index in [0.29, 0.717) is 17.0 Å². The number of carbonyl (C=O) groups is 1. The summed E-state index contributed by atoms with van der Waals surface area (Å²) in [6, 6.07) is 2.52. The van der Waals surface area contributed by atoms with E-state index in [1.54, 1.807) is 20.8 Å². The SMILES string of the molecule is Cc1n[nH]c(C)c1C(=O)NC(C)c1cc(F)ccc1F. The molecule has 0 radical (unpaired) electrons. The van der Waals surface area contributed by atoms with Crippen molar-refractivity contribution in [2.45, 2.75) is 26.8 Å². The van der Waals surface area contributed by atoms with E-state index in [1.807, 2.05) is 0 Å². The summed E-state index contributed by atoms with van der Waals surface area (Å²) in [5.74, 6) is -1.47. The summed E-state index contributed by atoms with van der Waals surface area (Å²) in [6.45, 7) is 5.02. The highest BCUT2D eigenvalue weighted by Crippen LogP contribution is 2.19. The molecule has 2 aromatic rings. The van der Waals surface area contributed by atoms with Crippen molar-refractivity contribution in [3.63, 3.8) is 0 Å². The summed E-state index contributed by atoms with van der Waals surface area (Å²) < 4.78 is 26.8. The van der Waals surface area contributed by atoms with Gasteiger partial charge >= 0.3 is 0 Å². The van der Waals surface area contributed by atoms with Gasteiger partial charge in [-0.2, -0.15) is 5.10 Å². The Balaban J connectivity index is 2.22. The number of H-pyrrole nitrogens is 1. The first kappa shape index (κ1) is 14.2. The molecule has 0 saturated heterocycles. The number of benzene rings is 1. The van der Waals surface area contributed by atoms with Gasteiger partial charge in [0.15, 0.2) is 0 Å². The van der Waals surface area contributed by atoms with Crippen molar-refractivity contribution in [3.8, 4) is 0 Å². The summed E-state index contributed by atoms with van der Waals surface area (Å²) in [6.07, 6.45) is 0. The number of hydrogen-bond donors (Lipinski definition) is 2. The van der Waals surface area contributed by atoms with E-state index in [0.717, 1.165) is 18.2 Å². The van der Waals surface area contributed by atoms with Crippen LogP contribution in [0.3, 0.4) is 0 Å². The lowest BCUT2D eigenvalue weighted by Gasteiger charge is -2.15. The van der Waals surface area contributed by atoms with E-state index >= 15 is 0 Å². The Hall–Kier alpha value is -2.24. The molecule has 0 fully saturated rings. The smallest absolute Gasteiger partial charge is 0.255 e. The normalized spacial score (nSPS) is 12.2. The maximum absolute atomic E-state index is 13.6. The molecule has 2 rings (SSSR count). The number of halogens is 2. The number of aryl methyl sites for hydroxylation is 2. The first-order chi connectivity index (χ1) is 9.40.